The number of ketones is 1. The zero-order chi connectivity index (χ0) is 11.7. The number of rotatable bonds is 4. The van der Waals surface area contributed by atoms with Gasteiger partial charge in [-0.2, -0.15) is 0 Å². The van der Waals surface area contributed by atoms with Crippen LogP contribution in [0.25, 0.3) is 0 Å². The summed E-state index contributed by atoms with van der Waals surface area (Å²) < 4.78 is 5.64. The van der Waals surface area contributed by atoms with Gasteiger partial charge < -0.3 is 4.74 Å². The van der Waals surface area contributed by atoms with Crippen molar-refractivity contribution in [3.63, 3.8) is 0 Å². The Balaban J connectivity index is 2.18. The molecule has 0 N–H and O–H groups in total. The summed E-state index contributed by atoms with van der Waals surface area (Å²) in [6.07, 6.45) is 2.29. The molecule has 0 atom stereocenters. The zero-order valence-corrected chi connectivity index (χ0v) is 10.1. The van der Waals surface area contributed by atoms with Crippen molar-refractivity contribution in [3.05, 3.63) is 29.3 Å². The zero-order valence-electron chi connectivity index (χ0n) is 10.1. The predicted octanol–water partition coefficient (Wildman–Crippen LogP) is 3.37. The summed E-state index contributed by atoms with van der Waals surface area (Å²) in [6, 6.07) is 5.73. The number of Topliss-reactive ketones (excluding diaryl/α,β-unsaturated/α-hetero) is 1. The van der Waals surface area contributed by atoms with E-state index in [4.69, 9.17) is 4.74 Å². The fourth-order valence-corrected chi connectivity index (χ4v) is 1.77. The van der Waals surface area contributed by atoms with E-state index in [9.17, 15) is 4.79 Å². The number of hydrogen-bond acceptors (Lipinski definition) is 2. The van der Waals surface area contributed by atoms with E-state index in [0.717, 1.165) is 29.7 Å². The van der Waals surface area contributed by atoms with Crippen LogP contribution in [0.3, 0.4) is 0 Å². The van der Waals surface area contributed by atoms with Crippen molar-refractivity contribution in [1.29, 1.82) is 0 Å². The van der Waals surface area contributed by atoms with Crippen molar-refractivity contribution in [2.24, 2.45) is 5.92 Å². The first-order valence-corrected chi connectivity index (χ1v) is 5.89. The molecule has 86 valence electrons. The molecule has 2 rings (SSSR count). The third kappa shape index (κ3) is 2.43. The lowest BCUT2D eigenvalue weighted by Gasteiger charge is -2.13. The third-order valence-electron chi connectivity index (χ3n) is 2.77. The Morgan fingerprint density at radius 2 is 2.06 bits per heavy atom. The van der Waals surface area contributed by atoms with Crippen LogP contribution < -0.4 is 4.74 Å². The lowest BCUT2D eigenvalue weighted by molar-refractivity contribution is 0.0967. The van der Waals surface area contributed by atoms with Crippen molar-refractivity contribution in [3.8, 4) is 5.75 Å². The van der Waals surface area contributed by atoms with Gasteiger partial charge in [-0.25, -0.2) is 0 Å². The maximum absolute atomic E-state index is 11.9. The van der Waals surface area contributed by atoms with Crippen LogP contribution in [0.4, 0.5) is 0 Å². The Morgan fingerprint density at radius 1 is 1.38 bits per heavy atom. The summed E-state index contributed by atoms with van der Waals surface area (Å²) in [5, 5.41) is 0. The average molecular weight is 218 g/mol. The summed E-state index contributed by atoms with van der Waals surface area (Å²) in [5.74, 6) is 1.46. The predicted molar refractivity (Wildman–Crippen MR) is 64.0 cm³/mol. The van der Waals surface area contributed by atoms with Crippen molar-refractivity contribution >= 4 is 5.78 Å². The lowest BCUT2D eigenvalue weighted by atomic mass is 10.0. The van der Waals surface area contributed by atoms with Gasteiger partial charge in [-0.15, -0.1) is 0 Å². The molecule has 0 aromatic heterocycles. The van der Waals surface area contributed by atoms with E-state index < -0.39 is 0 Å². The highest BCUT2D eigenvalue weighted by molar-refractivity contribution is 5.99. The van der Waals surface area contributed by atoms with Crippen LogP contribution in [0.1, 0.15) is 42.6 Å². The van der Waals surface area contributed by atoms with Crippen LogP contribution in [-0.4, -0.2) is 11.9 Å². The van der Waals surface area contributed by atoms with Gasteiger partial charge in [-0.05, 0) is 57.4 Å². The lowest BCUT2D eigenvalue weighted by Crippen LogP contribution is -2.08. The van der Waals surface area contributed by atoms with Gasteiger partial charge in [-0.3, -0.25) is 4.79 Å². The molecule has 0 spiro atoms. The van der Waals surface area contributed by atoms with Crippen LogP contribution in [-0.2, 0) is 0 Å². The highest BCUT2D eigenvalue weighted by Gasteiger charge is 2.30. The quantitative estimate of drug-likeness (QED) is 0.724. The van der Waals surface area contributed by atoms with Crippen LogP contribution in [0, 0.1) is 12.8 Å². The molecule has 1 fully saturated rings. The molecular weight excluding hydrogens is 200 g/mol. The molecule has 1 aromatic rings. The molecule has 0 saturated heterocycles. The number of hydrogen-bond donors (Lipinski definition) is 0. The van der Waals surface area contributed by atoms with Crippen molar-refractivity contribution < 1.29 is 9.53 Å². The molecule has 0 amide bonds. The molecule has 0 bridgehead atoms. The highest BCUT2D eigenvalue weighted by Crippen LogP contribution is 2.33. The normalized spacial score (nSPS) is 15.2. The Kier molecular flexibility index (Phi) is 2.99. The molecule has 0 heterocycles. The number of ether oxygens (including phenoxy) is 1. The topological polar surface area (TPSA) is 26.3 Å². The van der Waals surface area contributed by atoms with E-state index >= 15 is 0 Å². The first-order valence-electron chi connectivity index (χ1n) is 5.89. The average Bonchev–Trinajstić information content (AvgIpc) is 3.03. The number of benzene rings is 1. The minimum atomic E-state index is 0.170. The van der Waals surface area contributed by atoms with Crippen molar-refractivity contribution in [2.75, 3.05) is 0 Å². The molecule has 1 aliphatic rings. The van der Waals surface area contributed by atoms with Gasteiger partial charge in [-0.1, -0.05) is 0 Å². The fraction of sp³-hybridized carbons (Fsp3) is 0.500. The molecule has 0 radical (unpaired) electrons. The van der Waals surface area contributed by atoms with E-state index in [1.54, 1.807) is 0 Å². The van der Waals surface area contributed by atoms with Gasteiger partial charge in [0.25, 0.3) is 0 Å². The molecule has 1 aromatic carbocycles. The van der Waals surface area contributed by atoms with Crippen LogP contribution >= 0.6 is 0 Å². The second-order valence-corrected chi connectivity index (χ2v) is 4.79. The first-order chi connectivity index (χ1) is 7.58. The van der Waals surface area contributed by atoms with E-state index in [1.807, 2.05) is 39.0 Å². The van der Waals surface area contributed by atoms with Crippen molar-refractivity contribution in [2.45, 2.75) is 39.7 Å². The van der Waals surface area contributed by atoms with Crippen LogP contribution in [0.15, 0.2) is 18.2 Å². The second kappa shape index (κ2) is 4.28. The van der Waals surface area contributed by atoms with Gasteiger partial charge in [0.1, 0.15) is 5.75 Å². The van der Waals surface area contributed by atoms with Crippen molar-refractivity contribution in [1.82, 2.24) is 0 Å². The minimum Gasteiger partial charge on any atom is -0.491 e. The Hall–Kier alpha value is -1.31. The van der Waals surface area contributed by atoms with Gasteiger partial charge in [0.15, 0.2) is 5.78 Å². The molecule has 1 saturated carbocycles. The number of carbonyl (C=O) groups excluding carboxylic acids is 1. The highest BCUT2D eigenvalue weighted by atomic mass is 16.5. The standard InChI is InChI=1S/C14H18O2/c1-9(2)16-13-7-6-12(8-10(13)3)14(15)11-4-5-11/h6-9,11H,4-5H2,1-3H3. The summed E-state index contributed by atoms with van der Waals surface area (Å²) in [6.45, 7) is 5.99. The van der Waals surface area contributed by atoms with E-state index in [1.165, 1.54) is 0 Å². The molecule has 0 unspecified atom stereocenters. The van der Waals surface area contributed by atoms with Gasteiger partial charge >= 0.3 is 0 Å². The molecule has 1 aliphatic carbocycles. The van der Waals surface area contributed by atoms with Gasteiger partial charge in [0.05, 0.1) is 6.10 Å². The third-order valence-corrected chi connectivity index (χ3v) is 2.77. The molecule has 2 nitrogen and oxygen atoms in total. The molecule has 0 aliphatic heterocycles. The van der Waals surface area contributed by atoms with Crippen LogP contribution in [0.5, 0.6) is 5.75 Å². The Bertz CT molecular complexity index is 403. The monoisotopic (exact) mass is 218 g/mol. The smallest absolute Gasteiger partial charge is 0.165 e. The van der Waals surface area contributed by atoms with Gasteiger partial charge in [0.2, 0.25) is 0 Å². The summed E-state index contributed by atoms with van der Waals surface area (Å²) in [5.41, 5.74) is 1.87. The number of aryl methyl sites for hydroxylation is 1. The molecule has 16 heavy (non-hydrogen) atoms. The maximum atomic E-state index is 11.9. The Morgan fingerprint density at radius 3 is 2.56 bits per heavy atom. The summed E-state index contributed by atoms with van der Waals surface area (Å²) >= 11 is 0. The van der Waals surface area contributed by atoms with Crippen LogP contribution in [0.2, 0.25) is 0 Å². The minimum absolute atomic E-state index is 0.170. The first kappa shape index (κ1) is 11.2. The summed E-state index contributed by atoms with van der Waals surface area (Å²) in [7, 11) is 0. The molecule has 2 heteroatoms. The second-order valence-electron chi connectivity index (χ2n) is 4.79. The van der Waals surface area contributed by atoms with Gasteiger partial charge in [0, 0.05) is 11.5 Å². The Labute approximate surface area is 96.6 Å². The van der Waals surface area contributed by atoms with E-state index in [0.29, 0.717) is 5.78 Å². The fourth-order valence-electron chi connectivity index (χ4n) is 1.77. The SMILES string of the molecule is Cc1cc(C(=O)C2CC2)ccc1OC(C)C. The summed E-state index contributed by atoms with van der Waals surface area (Å²) in [4.78, 5) is 11.9. The number of carbonyl (C=O) groups is 1. The maximum Gasteiger partial charge on any atom is 0.165 e. The largest absolute Gasteiger partial charge is 0.491 e. The van der Waals surface area contributed by atoms with E-state index in [2.05, 4.69) is 0 Å². The molecular formula is C14H18O2. The van der Waals surface area contributed by atoms with E-state index in [-0.39, 0.29) is 12.0 Å².